The smallest absolute Gasteiger partial charge is 0.301 e. The number of nitrogens with one attached hydrogen (secondary N) is 2. The van der Waals surface area contributed by atoms with Crippen LogP contribution in [-0.2, 0) is 10.0 Å². The first-order valence-corrected chi connectivity index (χ1v) is 9.28. The van der Waals surface area contributed by atoms with E-state index in [-0.39, 0.29) is 15.7 Å². The fraction of sp³-hybridized carbons (Fsp3) is 0. The van der Waals surface area contributed by atoms with Crippen LogP contribution in [0.2, 0.25) is 5.02 Å². The first-order chi connectivity index (χ1) is 11.4. The van der Waals surface area contributed by atoms with Crippen LogP contribution in [0.5, 0.6) is 0 Å². The summed E-state index contributed by atoms with van der Waals surface area (Å²) in [5, 5.41) is 0.991. The summed E-state index contributed by atoms with van der Waals surface area (Å²) in [6.45, 7) is 0. The Labute approximate surface area is 150 Å². The van der Waals surface area contributed by atoms with E-state index in [4.69, 9.17) is 16.0 Å². The molecule has 0 saturated carbocycles. The number of carbonyl (C=O) groups excluding carboxylic acids is 1. The van der Waals surface area contributed by atoms with E-state index in [1.54, 1.807) is 24.3 Å². The van der Waals surface area contributed by atoms with Gasteiger partial charge in [-0.25, -0.2) is 8.42 Å². The summed E-state index contributed by atoms with van der Waals surface area (Å²) in [6, 6.07) is 12.9. The molecule has 0 saturated heterocycles. The highest BCUT2D eigenvalue weighted by Gasteiger charge is 2.20. The number of sulfonamides is 1. The molecule has 2 aromatic carbocycles. The van der Waals surface area contributed by atoms with Gasteiger partial charge in [0.05, 0.1) is 4.90 Å². The lowest BCUT2D eigenvalue weighted by Gasteiger charge is -2.09. The fourth-order valence-corrected chi connectivity index (χ4v) is 4.07. The lowest BCUT2D eigenvalue weighted by atomic mass is 10.2. The molecule has 0 spiro atoms. The summed E-state index contributed by atoms with van der Waals surface area (Å²) in [6.07, 6.45) is 0. The number of benzene rings is 2. The Hall–Kier alpha value is -1.87. The quantitative estimate of drug-likeness (QED) is 0.622. The summed E-state index contributed by atoms with van der Waals surface area (Å²) in [5.74, 6) is -0.725. The zero-order chi connectivity index (χ0) is 17.3. The molecule has 1 heterocycles. The molecule has 2 N–H and O–H groups in total. The summed E-state index contributed by atoms with van der Waals surface area (Å²) in [4.78, 5) is 14.0. The highest BCUT2D eigenvalue weighted by atomic mass is 79.9. The molecule has 0 atom stereocenters. The van der Waals surface area contributed by atoms with Crippen molar-refractivity contribution in [2.24, 2.45) is 0 Å². The van der Waals surface area contributed by atoms with Gasteiger partial charge in [0.25, 0.3) is 10.0 Å². The Morgan fingerprint density at radius 3 is 2.62 bits per heavy atom. The Morgan fingerprint density at radius 1 is 1.12 bits per heavy atom. The maximum atomic E-state index is 12.3. The summed E-state index contributed by atoms with van der Waals surface area (Å²) >= 11 is 8.94. The van der Waals surface area contributed by atoms with E-state index in [1.165, 1.54) is 24.3 Å². The molecule has 6 nitrogen and oxygen atoms in total. The van der Waals surface area contributed by atoms with Crippen molar-refractivity contribution in [2.75, 3.05) is 0 Å². The topological polar surface area (TPSA) is 88.4 Å². The van der Waals surface area contributed by atoms with Gasteiger partial charge >= 0.3 is 5.91 Å². The number of amides is 1. The van der Waals surface area contributed by atoms with Gasteiger partial charge in [0.15, 0.2) is 5.76 Å². The Balaban J connectivity index is 1.79. The molecule has 0 bridgehead atoms. The highest BCUT2D eigenvalue weighted by molar-refractivity contribution is 9.10. The van der Waals surface area contributed by atoms with Crippen LogP contribution < -0.4 is 10.3 Å². The SMILES string of the molecule is O=C(NNS(=O)(=O)c1cc(Cl)ccc1Br)c1cc2ccccc2o1. The summed E-state index contributed by atoms with van der Waals surface area (Å²) < 4.78 is 30.2. The normalized spacial score (nSPS) is 11.6. The van der Waals surface area contributed by atoms with Gasteiger partial charge in [-0.2, -0.15) is 0 Å². The van der Waals surface area contributed by atoms with Crippen LogP contribution in [0.1, 0.15) is 10.6 Å². The first kappa shape index (κ1) is 17.0. The standard InChI is InChI=1S/C15H10BrClN2O4S/c16-11-6-5-10(17)8-14(11)24(21,22)19-18-15(20)13-7-9-3-1-2-4-12(9)23-13/h1-8,19H,(H,18,20). The van der Waals surface area contributed by atoms with Gasteiger partial charge in [-0.05, 0) is 46.3 Å². The maximum Gasteiger partial charge on any atom is 0.301 e. The van der Waals surface area contributed by atoms with Gasteiger partial charge in [-0.15, -0.1) is 4.83 Å². The number of hydrogen-bond acceptors (Lipinski definition) is 4. The minimum Gasteiger partial charge on any atom is -0.451 e. The second-order valence-electron chi connectivity index (χ2n) is 4.78. The van der Waals surface area contributed by atoms with Crippen molar-refractivity contribution in [3.05, 3.63) is 63.8 Å². The molecule has 0 aliphatic carbocycles. The third-order valence-corrected chi connectivity index (χ3v) is 5.61. The molecule has 9 heteroatoms. The van der Waals surface area contributed by atoms with Gasteiger partial charge in [-0.1, -0.05) is 29.8 Å². The van der Waals surface area contributed by atoms with Crippen molar-refractivity contribution >= 4 is 54.4 Å². The van der Waals surface area contributed by atoms with E-state index >= 15 is 0 Å². The molecule has 1 amide bonds. The third-order valence-electron chi connectivity index (χ3n) is 3.13. The molecule has 0 fully saturated rings. The van der Waals surface area contributed by atoms with Crippen LogP contribution in [0, 0.1) is 0 Å². The average molecular weight is 430 g/mol. The van der Waals surface area contributed by atoms with Crippen molar-refractivity contribution in [2.45, 2.75) is 4.90 Å². The number of hydrazine groups is 1. The average Bonchev–Trinajstić information content (AvgIpc) is 2.99. The molecule has 1 aromatic heterocycles. The minimum absolute atomic E-state index is 0.0101. The Kier molecular flexibility index (Phi) is 4.64. The van der Waals surface area contributed by atoms with Crippen molar-refractivity contribution in [1.82, 2.24) is 10.3 Å². The number of para-hydroxylation sites is 1. The van der Waals surface area contributed by atoms with Crippen LogP contribution in [0.4, 0.5) is 0 Å². The molecule has 0 aliphatic rings. The highest BCUT2D eigenvalue weighted by Crippen LogP contribution is 2.25. The van der Waals surface area contributed by atoms with E-state index in [0.717, 1.165) is 5.39 Å². The molecule has 0 radical (unpaired) electrons. The van der Waals surface area contributed by atoms with E-state index in [0.29, 0.717) is 10.1 Å². The first-order valence-electron chi connectivity index (χ1n) is 6.62. The Bertz CT molecular complexity index is 1000. The number of fused-ring (bicyclic) bond motifs is 1. The van der Waals surface area contributed by atoms with E-state index in [1.807, 2.05) is 4.83 Å². The predicted octanol–water partition coefficient (Wildman–Crippen LogP) is 3.47. The Morgan fingerprint density at radius 2 is 1.88 bits per heavy atom. The predicted molar refractivity (Wildman–Crippen MR) is 93.2 cm³/mol. The third kappa shape index (κ3) is 3.46. The van der Waals surface area contributed by atoms with Gasteiger partial charge in [0.1, 0.15) is 5.58 Å². The van der Waals surface area contributed by atoms with Crippen molar-refractivity contribution in [3.63, 3.8) is 0 Å². The molecule has 24 heavy (non-hydrogen) atoms. The number of furan rings is 1. The number of rotatable bonds is 4. The van der Waals surface area contributed by atoms with Crippen molar-refractivity contribution in [3.8, 4) is 0 Å². The second-order valence-corrected chi connectivity index (χ2v) is 7.72. The molecule has 0 aliphatic heterocycles. The molecule has 0 unspecified atom stereocenters. The lowest BCUT2D eigenvalue weighted by Crippen LogP contribution is -2.41. The number of halogens is 2. The molecule has 3 rings (SSSR count). The van der Waals surface area contributed by atoms with Crippen LogP contribution in [0.3, 0.4) is 0 Å². The zero-order valence-corrected chi connectivity index (χ0v) is 15.1. The molecule has 124 valence electrons. The molecular formula is C15H10BrClN2O4S. The molecule has 3 aromatic rings. The monoisotopic (exact) mass is 428 g/mol. The number of carbonyl (C=O) groups is 1. The second kappa shape index (κ2) is 6.56. The number of hydrogen-bond donors (Lipinski definition) is 2. The van der Waals surface area contributed by atoms with Gasteiger partial charge in [0, 0.05) is 14.9 Å². The van der Waals surface area contributed by atoms with E-state index in [9.17, 15) is 13.2 Å². The van der Waals surface area contributed by atoms with Crippen LogP contribution in [0.15, 0.2) is 62.3 Å². The fourth-order valence-electron chi connectivity index (χ4n) is 2.01. The maximum absolute atomic E-state index is 12.3. The van der Waals surface area contributed by atoms with E-state index < -0.39 is 15.9 Å². The van der Waals surface area contributed by atoms with Gasteiger partial charge in [-0.3, -0.25) is 10.2 Å². The van der Waals surface area contributed by atoms with Gasteiger partial charge in [0.2, 0.25) is 0 Å². The van der Waals surface area contributed by atoms with Crippen LogP contribution >= 0.6 is 27.5 Å². The largest absolute Gasteiger partial charge is 0.451 e. The van der Waals surface area contributed by atoms with Crippen molar-refractivity contribution < 1.29 is 17.6 Å². The summed E-state index contributed by atoms with van der Waals surface area (Å²) in [5.41, 5.74) is 2.64. The van der Waals surface area contributed by atoms with Crippen LogP contribution in [-0.4, -0.2) is 14.3 Å². The van der Waals surface area contributed by atoms with Gasteiger partial charge < -0.3 is 4.42 Å². The molecular weight excluding hydrogens is 420 g/mol. The van der Waals surface area contributed by atoms with Crippen molar-refractivity contribution in [1.29, 1.82) is 0 Å². The minimum atomic E-state index is -4.00. The summed E-state index contributed by atoms with van der Waals surface area (Å²) in [7, 11) is -4.00. The zero-order valence-electron chi connectivity index (χ0n) is 11.9. The van der Waals surface area contributed by atoms with E-state index in [2.05, 4.69) is 21.4 Å². The van der Waals surface area contributed by atoms with Crippen LogP contribution in [0.25, 0.3) is 11.0 Å². The lowest BCUT2D eigenvalue weighted by molar-refractivity contribution is 0.0919.